The van der Waals surface area contributed by atoms with Gasteiger partial charge in [0.1, 0.15) is 5.82 Å². The normalized spacial score (nSPS) is 12.3. The van der Waals surface area contributed by atoms with Crippen molar-refractivity contribution in [2.24, 2.45) is 10.1 Å². The van der Waals surface area contributed by atoms with Crippen LogP contribution >= 0.6 is 11.6 Å². The highest BCUT2D eigenvalue weighted by Crippen LogP contribution is 2.21. The third-order valence-corrected chi connectivity index (χ3v) is 4.88. The van der Waals surface area contributed by atoms with E-state index < -0.39 is 0 Å². The molecule has 0 fully saturated rings. The average molecular weight is 429 g/mol. The molecule has 0 bridgehead atoms. The molecular formula is C22H29ClN6O. The molecule has 1 N–H and O–H groups in total. The molecule has 160 valence electrons. The van der Waals surface area contributed by atoms with E-state index in [9.17, 15) is 4.79 Å². The van der Waals surface area contributed by atoms with Gasteiger partial charge in [0.15, 0.2) is 0 Å². The molecule has 7 nitrogen and oxygen atoms in total. The molecule has 0 saturated heterocycles. The number of carbonyl (C=O) groups excluding carboxylic acids is 1. The van der Waals surface area contributed by atoms with Crippen molar-refractivity contribution in [3.05, 3.63) is 52.7 Å². The summed E-state index contributed by atoms with van der Waals surface area (Å²) in [6, 6.07) is 9.34. The Bertz CT molecular complexity index is 897. The van der Waals surface area contributed by atoms with Crippen molar-refractivity contribution in [2.75, 3.05) is 37.5 Å². The molecule has 1 aromatic heterocycles. The molecule has 1 heterocycles. The number of rotatable bonds is 9. The van der Waals surface area contributed by atoms with E-state index in [0.717, 1.165) is 11.4 Å². The predicted octanol–water partition coefficient (Wildman–Crippen LogP) is 4.13. The molecule has 1 atom stereocenters. The summed E-state index contributed by atoms with van der Waals surface area (Å²) in [6.07, 6.45) is 4.74. The molecule has 0 aliphatic rings. The van der Waals surface area contributed by atoms with Gasteiger partial charge in [-0.3, -0.25) is 15.2 Å². The van der Waals surface area contributed by atoms with Crippen LogP contribution in [0.1, 0.15) is 29.8 Å². The largest absolute Gasteiger partial charge is 0.358 e. The summed E-state index contributed by atoms with van der Waals surface area (Å²) in [5.74, 6) is 0.757. The van der Waals surface area contributed by atoms with E-state index in [-0.39, 0.29) is 11.9 Å². The first kappa shape index (κ1) is 23.3. The third kappa shape index (κ3) is 6.29. The summed E-state index contributed by atoms with van der Waals surface area (Å²) < 4.78 is 0. The van der Waals surface area contributed by atoms with Crippen molar-refractivity contribution in [1.29, 1.82) is 0 Å². The van der Waals surface area contributed by atoms with Gasteiger partial charge in [0.2, 0.25) is 0 Å². The lowest BCUT2D eigenvalue weighted by Gasteiger charge is -2.32. The quantitative estimate of drug-likeness (QED) is 0.481. The number of pyridine rings is 1. The van der Waals surface area contributed by atoms with Gasteiger partial charge in [0.05, 0.1) is 22.5 Å². The van der Waals surface area contributed by atoms with Crippen molar-refractivity contribution in [3.8, 4) is 0 Å². The minimum atomic E-state index is -0.0481. The molecule has 0 aliphatic carbocycles. The van der Waals surface area contributed by atoms with Crippen LogP contribution in [0.2, 0.25) is 5.02 Å². The second-order valence-electron chi connectivity index (χ2n) is 7.00. The summed E-state index contributed by atoms with van der Waals surface area (Å²) >= 11 is 5.93. The van der Waals surface area contributed by atoms with E-state index in [2.05, 4.69) is 20.5 Å². The van der Waals surface area contributed by atoms with E-state index in [0.29, 0.717) is 29.4 Å². The number of anilines is 2. The van der Waals surface area contributed by atoms with Gasteiger partial charge in [-0.25, -0.2) is 4.98 Å². The molecule has 8 heteroatoms. The second-order valence-corrected chi connectivity index (χ2v) is 7.44. The van der Waals surface area contributed by atoms with Gasteiger partial charge >= 0.3 is 0 Å². The molecule has 2 aromatic rings. The lowest BCUT2D eigenvalue weighted by Crippen LogP contribution is -2.44. The predicted molar refractivity (Wildman–Crippen MR) is 126 cm³/mol. The minimum absolute atomic E-state index is 0.0333. The Kier molecular flexibility index (Phi) is 8.80. The maximum Gasteiger partial charge on any atom is 0.256 e. The summed E-state index contributed by atoms with van der Waals surface area (Å²) in [5.41, 5.74) is 5.19. The first-order valence-electron chi connectivity index (χ1n) is 9.81. The van der Waals surface area contributed by atoms with Gasteiger partial charge in [-0.15, -0.1) is 0 Å². The second kappa shape index (κ2) is 11.3. The topological polar surface area (TPSA) is 73.2 Å². The number of nitrogens with one attached hydrogen (secondary N) is 1. The zero-order valence-corrected chi connectivity index (χ0v) is 18.9. The van der Waals surface area contributed by atoms with Crippen LogP contribution in [0.4, 0.5) is 11.5 Å². The smallest absolute Gasteiger partial charge is 0.256 e. The van der Waals surface area contributed by atoms with Crippen LogP contribution in [-0.4, -0.2) is 61.4 Å². The van der Waals surface area contributed by atoms with Crippen LogP contribution in [-0.2, 0) is 0 Å². The molecular weight excluding hydrogens is 400 g/mol. The van der Waals surface area contributed by atoms with Crippen LogP contribution in [0.3, 0.4) is 0 Å². The maximum absolute atomic E-state index is 13.4. The number of halogens is 1. The molecule has 2 rings (SSSR count). The van der Waals surface area contributed by atoms with E-state index >= 15 is 0 Å². The van der Waals surface area contributed by atoms with E-state index in [1.165, 1.54) is 0 Å². The fraction of sp³-hybridized carbons (Fsp3) is 0.364. The minimum Gasteiger partial charge on any atom is -0.358 e. The van der Waals surface area contributed by atoms with Gasteiger partial charge < -0.3 is 9.80 Å². The molecule has 0 unspecified atom stereocenters. The number of aromatic nitrogens is 1. The molecule has 1 aromatic carbocycles. The van der Waals surface area contributed by atoms with E-state index in [4.69, 9.17) is 11.6 Å². The standard InChI is InChI=1S/C22H29ClN6O/c1-6-29(17(3)15-28(5)21-10-8-18(23)14-25-21)22(30)19-13-16(2)7-9-20(19)27-26-12-11-24-4/h7-14,17,27H,6,15H2,1-5H3/b24-11?,26-12-/t17-/m0/s1. The number of likely N-dealkylation sites (N-methyl/N-ethyl adjacent to an activating group) is 2. The Labute approximate surface area is 183 Å². The van der Waals surface area contributed by atoms with Gasteiger partial charge in [0.25, 0.3) is 5.91 Å². The number of hydrazone groups is 1. The third-order valence-electron chi connectivity index (χ3n) is 4.66. The van der Waals surface area contributed by atoms with Gasteiger partial charge in [-0.1, -0.05) is 23.2 Å². The van der Waals surface area contributed by atoms with Crippen molar-refractivity contribution in [2.45, 2.75) is 26.8 Å². The van der Waals surface area contributed by atoms with E-state index in [1.807, 2.05) is 68.0 Å². The summed E-state index contributed by atoms with van der Waals surface area (Å²) in [7, 11) is 3.62. The van der Waals surface area contributed by atoms with Crippen LogP contribution in [0.15, 0.2) is 46.6 Å². The average Bonchev–Trinajstić information content (AvgIpc) is 2.72. The van der Waals surface area contributed by atoms with Crippen LogP contribution in [0.25, 0.3) is 0 Å². The number of hydrogen-bond acceptors (Lipinski definition) is 6. The van der Waals surface area contributed by atoms with Crippen LogP contribution in [0.5, 0.6) is 0 Å². The zero-order chi connectivity index (χ0) is 22.1. The highest BCUT2D eigenvalue weighted by atomic mass is 35.5. The van der Waals surface area contributed by atoms with Crippen LogP contribution in [0, 0.1) is 6.92 Å². The number of aliphatic imine (C=N–C) groups is 1. The molecule has 0 spiro atoms. The van der Waals surface area contributed by atoms with E-state index in [1.54, 1.807) is 25.7 Å². The van der Waals surface area contributed by atoms with Crippen molar-refractivity contribution in [1.82, 2.24) is 9.88 Å². The summed E-state index contributed by atoms with van der Waals surface area (Å²) in [6.45, 7) is 7.20. The van der Waals surface area contributed by atoms with Crippen molar-refractivity contribution < 1.29 is 4.79 Å². The Morgan fingerprint density at radius 3 is 2.70 bits per heavy atom. The van der Waals surface area contributed by atoms with Crippen molar-refractivity contribution >= 4 is 41.4 Å². The fourth-order valence-electron chi connectivity index (χ4n) is 3.13. The number of hydrogen-bond donors (Lipinski definition) is 1. The Hall–Kier alpha value is -2.93. The monoisotopic (exact) mass is 428 g/mol. The Balaban J connectivity index is 2.19. The molecule has 1 amide bonds. The highest BCUT2D eigenvalue weighted by molar-refractivity contribution is 6.30. The van der Waals surface area contributed by atoms with Crippen molar-refractivity contribution in [3.63, 3.8) is 0 Å². The molecule has 0 saturated carbocycles. The first-order chi connectivity index (χ1) is 14.4. The van der Waals surface area contributed by atoms with Gasteiger partial charge in [0, 0.05) is 45.6 Å². The summed E-state index contributed by atoms with van der Waals surface area (Å²) in [5, 5.41) is 4.70. The lowest BCUT2D eigenvalue weighted by molar-refractivity contribution is 0.0709. The fourth-order valence-corrected chi connectivity index (χ4v) is 3.24. The number of benzene rings is 1. The maximum atomic E-state index is 13.4. The Morgan fingerprint density at radius 1 is 1.30 bits per heavy atom. The first-order valence-corrected chi connectivity index (χ1v) is 10.2. The van der Waals surface area contributed by atoms with Gasteiger partial charge in [-0.05, 0) is 45.0 Å². The summed E-state index contributed by atoms with van der Waals surface area (Å²) in [4.78, 5) is 25.5. The van der Waals surface area contributed by atoms with Crippen LogP contribution < -0.4 is 10.3 Å². The molecule has 0 radical (unpaired) electrons. The van der Waals surface area contributed by atoms with Gasteiger partial charge in [-0.2, -0.15) is 5.10 Å². The number of nitrogens with zero attached hydrogens (tertiary/aromatic N) is 5. The SMILES string of the molecule is CCN(C(=O)c1cc(C)ccc1N/N=C\C=NC)[C@@H](C)CN(C)c1ccc(Cl)cn1. The lowest BCUT2D eigenvalue weighted by atomic mass is 10.1. The highest BCUT2D eigenvalue weighted by Gasteiger charge is 2.24. The zero-order valence-electron chi connectivity index (χ0n) is 18.1. The Morgan fingerprint density at radius 2 is 2.07 bits per heavy atom. The molecule has 30 heavy (non-hydrogen) atoms. The number of carbonyl (C=O) groups is 1. The number of amides is 1. The molecule has 0 aliphatic heterocycles. The number of aryl methyl sites for hydroxylation is 1.